The molecule has 0 aliphatic heterocycles. The van der Waals surface area contributed by atoms with Crippen molar-refractivity contribution in [3.8, 4) is 0 Å². The number of nitrogens with one attached hydrogen (secondary N) is 1. The highest BCUT2D eigenvalue weighted by molar-refractivity contribution is 7.84. The normalized spacial score (nSPS) is 16.0. The molecule has 4 heteroatoms. The summed E-state index contributed by atoms with van der Waals surface area (Å²) in [4.78, 5) is 4.22. The molecule has 2 atom stereocenters. The number of hydrogen-bond acceptors (Lipinski definition) is 2. The van der Waals surface area contributed by atoms with Crippen LogP contribution in [0.3, 0.4) is 0 Å². The summed E-state index contributed by atoms with van der Waals surface area (Å²) in [5, 5.41) is 0. The van der Waals surface area contributed by atoms with E-state index in [1.165, 1.54) is 0 Å². The Hall–Kier alpha value is -0.740. The highest BCUT2D eigenvalue weighted by atomic mass is 32.2. The molecule has 3 nitrogen and oxygen atoms in total. The molecule has 0 spiro atoms. The number of hydrogen-bond donors (Lipinski definition) is 1. The summed E-state index contributed by atoms with van der Waals surface area (Å²) < 4.78 is 14.6. The molecule has 0 aliphatic rings. The molecule has 0 aromatic carbocycles. The largest absolute Gasteiger partial charge is 0.260 e. The van der Waals surface area contributed by atoms with Gasteiger partial charge in [0.2, 0.25) is 0 Å². The van der Waals surface area contributed by atoms with Crippen LogP contribution >= 0.6 is 0 Å². The molecule has 1 N–H and O–H groups in total. The lowest BCUT2D eigenvalue weighted by atomic mass is 10.2. The van der Waals surface area contributed by atoms with Crippen molar-refractivity contribution in [3.05, 3.63) is 30.1 Å². The molecule has 1 heterocycles. The van der Waals surface area contributed by atoms with E-state index in [9.17, 15) is 4.21 Å². The lowest BCUT2D eigenvalue weighted by molar-refractivity contribution is 0.611. The summed E-state index contributed by atoms with van der Waals surface area (Å²) in [6.07, 6.45) is 1.74. The fourth-order valence-electron chi connectivity index (χ4n) is 1.03. The van der Waals surface area contributed by atoms with Crippen LogP contribution in [0.25, 0.3) is 0 Å². The fraction of sp³-hybridized carbons (Fsp3) is 0.545. The molecule has 0 saturated carbocycles. The Labute approximate surface area is 93.9 Å². The van der Waals surface area contributed by atoms with Gasteiger partial charge in [-0.1, -0.05) is 6.07 Å². The van der Waals surface area contributed by atoms with Crippen LogP contribution in [0.4, 0.5) is 0 Å². The van der Waals surface area contributed by atoms with E-state index in [2.05, 4.69) is 9.71 Å². The van der Waals surface area contributed by atoms with Crippen LogP contribution in [0.1, 0.15) is 39.4 Å². The smallest absolute Gasteiger partial charge is 0.0976 e. The third-order valence-electron chi connectivity index (χ3n) is 1.97. The van der Waals surface area contributed by atoms with Crippen molar-refractivity contribution >= 4 is 11.0 Å². The number of rotatable bonds is 3. The van der Waals surface area contributed by atoms with Gasteiger partial charge in [0.1, 0.15) is 0 Å². The molecule has 0 unspecified atom stereocenters. The van der Waals surface area contributed by atoms with Gasteiger partial charge in [0, 0.05) is 6.20 Å². The van der Waals surface area contributed by atoms with E-state index < -0.39 is 11.0 Å². The molecule has 0 amide bonds. The fourth-order valence-corrected chi connectivity index (χ4v) is 1.83. The zero-order valence-electron chi connectivity index (χ0n) is 9.65. The van der Waals surface area contributed by atoms with Crippen molar-refractivity contribution in [2.24, 2.45) is 0 Å². The lowest BCUT2D eigenvalue weighted by Gasteiger charge is -2.21. The van der Waals surface area contributed by atoms with Gasteiger partial charge < -0.3 is 0 Å². The Balaban J connectivity index is 2.65. The van der Waals surface area contributed by atoms with Gasteiger partial charge in [-0.3, -0.25) is 4.98 Å². The summed E-state index contributed by atoms with van der Waals surface area (Å²) >= 11 is 0. The Bertz CT molecular complexity index is 332. The second kappa shape index (κ2) is 4.86. The average molecular weight is 226 g/mol. The van der Waals surface area contributed by atoms with E-state index >= 15 is 0 Å². The summed E-state index contributed by atoms with van der Waals surface area (Å²) in [6.45, 7) is 7.80. The standard InChI is InChI=1S/C11H18N2OS/c1-9(10-7-5-6-8-12-10)13-15(14)11(2,3)4/h5-9,13H,1-4H3/t9-,15+/m1/s1. The zero-order chi connectivity index (χ0) is 11.5. The van der Waals surface area contributed by atoms with Crippen LogP contribution in [0.15, 0.2) is 24.4 Å². The number of nitrogens with zero attached hydrogens (tertiary/aromatic N) is 1. The first kappa shape index (κ1) is 12.3. The zero-order valence-corrected chi connectivity index (χ0v) is 10.5. The molecule has 0 fully saturated rings. The van der Waals surface area contributed by atoms with Crippen LogP contribution in [0.5, 0.6) is 0 Å². The van der Waals surface area contributed by atoms with Crippen LogP contribution in [-0.4, -0.2) is 13.9 Å². The van der Waals surface area contributed by atoms with Gasteiger partial charge in [-0.25, -0.2) is 8.93 Å². The summed E-state index contributed by atoms with van der Waals surface area (Å²) in [5.41, 5.74) is 0.912. The first-order valence-electron chi connectivity index (χ1n) is 5.00. The topological polar surface area (TPSA) is 42.0 Å². The average Bonchev–Trinajstić information content (AvgIpc) is 2.17. The third kappa shape index (κ3) is 3.72. The SMILES string of the molecule is C[C@@H](N[S@@](=O)C(C)(C)C)c1ccccn1. The maximum atomic E-state index is 11.8. The summed E-state index contributed by atoms with van der Waals surface area (Å²) in [6, 6.07) is 5.74. The first-order chi connectivity index (χ1) is 6.91. The molecule has 1 aromatic heterocycles. The molecule has 1 aromatic rings. The van der Waals surface area contributed by atoms with E-state index in [-0.39, 0.29) is 10.8 Å². The Morgan fingerprint density at radius 3 is 2.53 bits per heavy atom. The lowest BCUT2D eigenvalue weighted by Crippen LogP contribution is -2.35. The van der Waals surface area contributed by atoms with Crippen molar-refractivity contribution in [2.45, 2.75) is 38.5 Å². The van der Waals surface area contributed by atoms with Gasteiger partial charge in [0.15, 0.2) is 0 Å². The summed E-state index contributed by atoms with van der Waals surface area (Å²) in [5.74, 6) is 0. The second-order valence-corrected chi connectivity index (χ2v) is 6.47. The quantitative estimate of drug-likeness (QED) is 0.858. The molecule has 0 saturated heterocycles. The molecule has 15 heavy (non-hydrogen) atoms. The van der Waals surface area contributed by atoms with Crippen molar-refractivity contribution in [3.63, 3.8) is 0 Å². The Kier molecular flexibility index (Phi) is 3.99. The molecular weight excluding hydrogens is 208 g/mol. The van der Waals surface area contributed by atoms with Gasteiger partial charge in [-0.05, 0) is 39.8 Å². The van der Waals surface area contributed by atoms with Gasteiger partial charge >= 0.3 is 0 Å². The van der Waals surface area contributed by atoms with Crippen molar-refractivity contribution in [1.82, 2.24) is 9.71 Å². The Morgan fingerprint density at radius 2 is 2.07 bits per heavy atom. The van der Waals surface area contributed by atoms with Crippen LogP contribution in [-0.2, 0) is 11.0 Å². The molecule has 1 rings (SSSR count). The van der Waals surface area contributed by atoms with Gasteiger partial charge in [0.05, 0.1) is 27.5 Å². The van der Waals surface area contributed by atoms with E-state index in [1.54, 1.807) is 6.20 Å². The van der Waals surface area contributed by atoms with Crippen LogP contribution in [0, 0.1) is 0 Å². The maximum absolute atomic E-state index is 11.8. The van der Waals surface area contributed by atoms with E-state index in [4.69, 9.17) is 0 Å². The van der Waals surface area contributed by atoms with Crippen LogP contribution in [0.2, 0.25) is 0 Å². The van der Waals surface area contributed by atoms with Gasteiger partial charge in [-0.2, -0.15) is 0 Å². The van der Waals surface area contributed by atoms with Gasteiger partial charge in [0.25, 0.3) is 0 Å². The van der Waals surface area contributed by atoms with E-state index in [1.807, 2.05) is 45.9 Å². The van der Waals surface area contributed by atoms with E-state index in [0.29, 0.717) is 0 Å². The Morgan fingerprint density at radius 1 is 1.40 bits per heavy atom. The second-order valence-electron chi connectivity index (χ2n) is 4.48. The van der Waals surface area contributed by atoms with Crippen molar-refractivity contribution < 1.29 is 4.21 Å². The minimum absolute atomic E-state index is 0.00579. The highest BCUT2D eigenvalue weighted by Gasteiger charge is 2.21. The minimum Gasteiger partial charge on any atom is -0.260 e. The molecular formula is C11H18N2OS. The molecule has 0 radical (unpaired) electrons. The van der Waals surface area contributed by atoms with Crippen molar-refractivity contribution in [2.75, 3.05) is 0 Å². The van der Waals surface area contributed by atoms with Gasteiger partial charge in [-0.15, -0.1) is 0 Å². The highest BCUT2D eigenvalue weighted by Crippen LogP contribution is 2.14. The number of pyridine rings is 1. The predicted octanol–water partition coefficient (Wildman–Crippen LogP) is 2.19. The molecule has 0 bridgehead atoms. The molecule has 0 aliphatic carbocycles. The maximum Gasteiger partial charge on any atom is 0.0976 e. The number of aromatic nitrogens is 1. The van der Waals surface area contributed by atoms with Crippen molar-refractivity contribution in [1.29, 1.82) is 0 Å². The predicted molar refractivity (Wildman–Crippen MR) is 63.7 cm³/mol. The third-order valence-corrected chi connectivity index (χ3v) is 3.65. The molecule has 84 valence electrons. The minimum atomic E-state index is -1.06. The monoisotopic (exact) mass is 226 g/mol. The van der Waals surface area contributed by atoms with E-state index in [0.717, 1.165) is 5.69 Å². The first-order valence-corrected chi connectivity index (χ1v) is 6.15. The van der Waals surface area contributed by atoms with Crippen LogP contribution < -0.4 is 4.72 Å². The summed E-state index contributed by atoms with van der Waals surface area (Å²) in [7, 11) is -1.06.